The quantitative estimate of drug-likeness (QED) is 0.350. The lowest BCUT2D eigenvalue weighted by molar-refractivity contribution is 0.481. The van der Waals surface area contributed by atoms with E-state index in [1.54, 1.807) is 12.1 Å². The Bertz CT molecular complexity index is 1300. The van der Waals surface area contributed by atoms with Crippen LogP contribution in [-0.2, 0) is 0 Å². The summed E-state index contributed by atoms with van der Waals surface area (Å²) in [6.07, 6.45) is 0. The van der Waals surface area contributed by atoms with E-state index in [2.05, 4.69) is 33.4 Å². The number of aromatic amines is 1. The maximum atomic E-state index is 10.0. The van der Waals surface area contributed by atoms with Crippen LogP contribution in [0.1, 0.15) is 0 Å². The predicted octanol–water partition coefficient (Wildman–Crippen LogP) is 6.60. The van der Waals surface area contributed by atoms with Crippen LogP contribution in [-0.4, -0.2) is 10.1 Å². The van der Waals surface area contributed by atoms with Crippen LogP contribution < -0.4 is 0 Å². The van der Waals surface area contributed by atoms with Gasteiger partial charge in [0.15, 0.2) is 0 Å². The largest absolute Gasteiger partial charge is 0.507 e. The van der Waals surface area contributed by atoms with Crippen molar-refractivity contribution >= 4 is 44.0 Å². The summed E-state index contributed by atoms with van der Waals surface area (Å²) in [5.41, 5.74) is 3.57. The fourth-order valence-corrected chi connectivity index (χ4v) is 3.40. The molecule has 4 nitrogen and oxygen atoms in total. The van der Waals surface area contributed by atoms with E-state index in [0.717, 1.165) is 38.6 Å². The van der Waals surface area contributed by atoms with Crippen molar-refractivity contribution in [2.45, 2.75) is 0 Å². The lowest BCUT2D eigenvalue weighted by Gasteiger charge is -2.03. The number of aromatic hydroxyl groups is 1. The lowest BCUT2D eigenvalue weighted by atomic mass is 10.1. The zero-order valence-electron chi connectivity index (χ0n) is 13.8. The number of H-pyrrole nitrogens is 1. The molecule has 0 fully saturated rings. The second-order valence-electron chi connectivity index (χ2n) is 6.22. The van der Waals surface area contributed by atoms with Crippen LogP contribution in [0.25, 0.3) is 32.6 Å². The first kappa shape index (κ1) is 14.7. The Morgan fingerprint density at radius 3 is 2.15 bits per heavy atom. The molecule has 26 heavy (non-hydrogen) atoms. The van der Waals surface area contributed by atoms with Gasteiger partial charge in [-0.25, -0.2) is 0 Å². The molecule has 0 amide bonds. The maximum Gasteiger partial charge on any atom is 0.123 e. The fraction of sp³-hybridized carbons (Fsp3) is 0. The summed E-state index contributed by atoms with van der Waals surface area (Å²) < 4.78 is 0. The number of benzene rings is 4. The van der Waals surface area contributed by atoms with Crippen molar-refractivity contribution in [3.05, 3.63) is 78.9 Å². The second-order valence-corrected chi connectivity index (χ2v) is 6.22. The van der Waals surface area contributed by atoms with Crippen LogP contribution in [0.2, 0.25) is 0 Å². The molecule has 0 bridgehead atoms. The number of azo groups is 1. The van der Waals surface area contributed by atoms with Gasteiger partial charge in [-0.3, -0.25) is 0 Å². The van der Waals surface area contributed by atoms with Crippen molar-refractivity contribution in [3.63, 3.8) is 0 Å². The summed E-state index contributed by atoms with van der Waals surface area (Å²) in [4.78, 5) is 3.44. The number of hydrogen-bond donors (Lipinski definition) is 2. The molecule has 4 aromatic carbocycles. The van der Waals surface area contributed by atoms with E-state index in [-0.39, 0.29) is 5.75 Å². The fourth-order valence-electron chi connectivity index (χ4n) is 3.40. The van der Waals surface area contributed by atoms with Gasteiger partial charge in [-0.1, -0.05) is 54.6 Å². The monoisotopic (exact) mass is 337 g/mol. The Morgan fingerprint density at radius 1 is 0.577 bits per heavy atom. The van der Waals surface area contributed by atoms with Gasteiger partial charge in [0.2, 0.25) is 0 Å². The van der Waals surface area contributed by atoms with Gasteiger partial charge in [0.05, 0.1) is 11.2 Å². The van der Waals surface area contributed by atoms with Crippen LogP contribution in [0.15, 0.2) is 89.1 Å². The number of phenolic OH excluding ortho intramolecular Hbond substituents is 1. The minimum atomic E-state index is 0.247. The summed E-state index contributed by atoms with van der Waals surface area (Å²) in [6.45, 7) is 0. The molecule has 0 saturated heterocycles. The molecule has 0 unspecified atom stereocenters. The topological polar surface area (TPSA) is 60.7 Å². The van der Waals surface area contributed by atoms with Crippen LogP contribution in [0.3, 0.4) is 0 Å². The zero-order valence-corrected chi connectivity index (χ0v) is 13.8. The zero-order chi connectivity index (χ0) is 17.5. The molecule has 0 atom stereocenters. The molecule has 0 spiro atoms. The van der Waals surface area contributed by atoms with Crippen molar-refractivity contribution in [1.29, 1.82) is 0 Å². The highest BCUT2D eigenvalue weighted by Crippen LogP contribution is 2.35. The van der Waals surface area contributed by atoms with E-state index < -0.39 is 0 Å². The Hall–Kier alpha value is -3.66. The lowest BCUT2D eigenvalue weighted by Crippen LogP contribution is -1.75. The van der Waals surface area contributed by atoms with Gasteiger partial charge < -0.3 is 10.1 Å². The molecule has 124 valence electrons. The molecule has 4 heteroatoms. The highest BCUT2D eigenvalue weighted by molar-refractivity contribution is 6.10. The minimum absolute atomic E-state index is 0.247. The smallest absolute Gasteiger partial charge is 0.123 e. The van der Waals surface area contributed by atoms with Gasteiger partial charge in [-0.2, -0.15) is 0 Å². The van der Waals surface area contributed by atoms with E-state index >= 15 is 0 Å². The molecule has 0 aliphatic heterocycles. The molecule has 1 aromatic heterocycles. The van der Waals surface area contributed by atoms with Gasteiger partial charge in [0.1, 0.15) is 11.4 Å². The Morgan fingerprint density at radius 2 is 1.27 bits per heavy atom. The number of phenols is 1. The highest BCUT2D eigenvalue weighted by Gasteiger charge is 2.08. The van der Waals surface area contributed by atoms with E-state index in [1.807, 2.05) is 48.5 Å². The third kappa shape index (κ3) is 2.24. The highest BCUT2D eigenvalue weighted by atomic mass is 16.3. The second kappa shape index (κ2) is 5.70. The molecule has 2 N–H and O–H groups in total. The number of rotatable bonds is 2. The first-order valence-corrected chi connectivity index (χ1v) is 8.43. The SMILES string of the molecule is Oc1ccc(N=Nc2cccc3c2[nH]c2ccccc23)c2ccccc12. The summed E-state index contributed by atoms with van der Waals surface area (Å²) in [6, 6.07) is 25.3. The number of hydrogen-bond acceptors (Lipinski definition) is 3. The van der Waals surface area contributed by atoms with E-state index in [9.17, 15) is 5.11 Å². The van der Waals surface area contributed by atoms with E-state index in [0.29, 0.717) is 0 Å². The van der Waals surface area contributed by atoms with Crippen LogP contribution in [0, 0.1) is 0 Å². The van der Waals surface area contributed by atoms with Crippen molar-refractivity contribution in [3.8, 4) is 5.75 Å². The van der Waals surface area contributed by atoms with Crippen molar-refractivity contribution in [1.82, 2.24) is 4.98 Å². The first-order valence-electron chi connectivity index (χ1n) is 8.43. The predicted molar refractivity (Wildman–Crippen MR) is 106 cm³/mol. The summed E-state index contributed by atoms with van der Waals surface area (Å²) in [5.74, 6) is 0.247. The van der Waals surface area contributed by atoms with E-state index in [4.69, 9.17) is 0 Å². The Kier molecular flexibility index (Phi) is 3.22. The van der Waals surface area contributed by atoms with Crippen LogP contribution in [0.4, 0.5) is 11.4 Å². The van der Waals surface area contributed by atoms with Gasteiger partial charge >= 0.3 is 0 Å². The summed E-state index contributed by atoms with van der Waals surface area (Å²) in [7, 11) is 0. The number of fused-ring (bicyclic) bond motifs is 4. The summed E-state index contributed by atoms with van der Waals surface area (Å²) >= 11 is 0. The average molecular weight is 337 g/mol. The van der Waals surface area contributed by atoms with Crippen LogP contribution >= 0.6 is 0 Å². The van der Waals surface area contributed by atoms with E-state index in [1.165, 1.54) is 5.39 Å². The maximum absolute atomic E-state index is 10.0. The standard InChI is InChI=1S/C22H15N3O/c26-21-13-12-19(14-6-1-2-8-16(14)21)24-25-20-11-5-9-17-15-7-3-4-10-18(15)23-22(17)20/h1-13,23,26H. The Balaban J connectivity index is 1.67. The first-order chi connectivity index (χ1) is 12.8. The van der Waals surface area contributed by atoms with Gasteiger partial charge in [0, 0.05) is 27.1 Å². The normalized spacial score (nSPS) is 11.8. The minimum Gasteiger partial charge on any atom is -0.507 e. The average Bonchev–Trinajstić information content (AvgIpc) is 3.07. The molecule has 0 saturated carbocycles. The van der Waals surface area contributed by atoms with Crippen molar-refractivity contribution in [2.75, 3.05) is 0 Å². The molecule has 5 aromatic rings. The molecular weight excluding hydrogens is 322 g/mol. The molecule has 5 rings (SSSR count). The number of nitrogens with one attached hydrogen (secondary N) is 1. The summed E-state index contributed by atoms with van der Waals surface area (Å²) in [5, 5.41) is 22.9. The van der Waals surface area contributed by atoms with Crippen LogP contribution in [0.5, 0.6) is 5.75 Å². The molecule has 1 heterocycles. The Labute approximate surface area is 149 Å². The van der Waals surface area contributed by atoms with Gasteiger partial charge in [-0.05, 0) is 24.3 Å². The van der Waals surface area contributed by atoms with Gasteiger partial charge in [-0.15, -0.1) is 10.2 Å². The third-order valence-electron chi connectivity index (χ3n) is 4.66. The molecule has 0 radical (unpaired) electrons. The molecular formula is C22H15N3O. The molecule has 0 aliphatic rings. The number of nitrogens with zero attached hydrogens (tertiary/aromatic N) is 2. The molecule has 0 aliphatic carbocycles. The number of aromatic nitrogens is 1. The van der Waals surface area contributed by atoms with Gasteiger partial charge in [0.25, 0.3) is 0 Å². The number of para-hydroxylation sites is 2. The third-order valence-corrected chi connectivity index (χ3v) is 4.66. The van der Waals surface area contributed by atoms with Crippen molar-refractivity contribution in [2.24, 2.45) is 10.2 Å². The van der Waals surface area contributed by atoms with Crippen molar-refractivity contribution < 1.29 is 5.11 Å².